The van der Waals surface area contributed by atoms with Gasteiger partial charge in [-0.3, -0.25) is 0 Å². The number of hydrogen-bond donors (Lipinski definition) is 2. The molecule has 0 spiro atoms. The van der Waals surface area contributed by atoms with Crippen molar-refractivity contribution in [2.24, 2.45) is 0 Å². The normalized spacial score (nSPS) is 12.2. The van der Waals surface area contributed by atoms with Gasteiger partial charge in [-0.25, -0.2) is 0 Å². The number of aliphatic hydroxyl groups is 2. The Morgan fingerprint density at radius 3 is 0.906 bits per heavy atom. The molecule has 0 aliphatic carbocycles. The second-order valence-electron chi connectivity index (χ2n) is 9.31. The van der Waals surface area contributed by atoms with Crippen LogP contribution in [0.15, 0.2) is 72.8 Å². The van der Waals surface area contributed by atoms with Crippen molar-refractivity contribution >= 4 is 0 Å². The Bertz CT molecular complexity index is 878. The fourth-order valence-electron chi connectivity index (χ4n) is 3.32. The van der Waals surface area contributed by atoms with Crippen LogP contribution < -0.4 is 0 Å². The summed E-state index contributed by atoms with van der Waals surface area (Å²) in [5.74, 6) is 0. The molecule has 0 aromatic heterocycles. The summed E-state index contributed by atoms with van der Waals surface area (Å²) in [6, 6.07) is 24.0. The summed E-state index contributed by atoms with van der Waals surface area (Å²) in [6.07, 6.45) is 0. The molecule has 0 heterocycles. The topological polar surface area (TPSA) is 58.9 Å². The molecule has 0 atom stereocenters. The average Bonchev–Trinajstić information content (AvgIpc) is 2.74. The highest BCUT2D eigenvalue weighted by Gasteiger charge is 2.15. The van der Waals surface area contributed by atoms with E-state index in [1.165, 1.54) is 0 Å². The predicted molar refractivity (Wildman–Crippen MR) is 127 cm³/mol. The van der Waals surface area contributed by atoms with Crippen molar-refractivity contribution < 1.29 is 19.7 Å². The zero-order chi connectivity index (χ0) is 23.2. The highest BCUT2D eigenvalue weighted by Crippen LogP contribution is 2.21. The minimum Gasteiger partial charge on any atom is -0.386 e. The van der Waals surface area contributed by atoms with Crippen molar-refractivity contribution in [1.29, 1.82) is 0 Å². The van der Waals surface area contributed by atoms with Crippen LogP contribution in [0.5, 0.6) is 0 Å². The molecule has 0 saturated heterocycles. The maximum Gasteiger partial charge on any atom is 0.0840 e. The van der Waals surface area contributed by atoms with Crippen LogP contribution in [0.2, 0.25) is 0 Å². The lowest BCUT2D eigenvalue weighted by molar-refractivity contribution is 0.0778. The lowest BCUT2D eigenvalue weighted by Gasteiger charge is -2.18. The van der Waals surface area contributed by atoms with E-state index in [0.29, 0.717) is 26.4 Å². The van der Waals surface area contributed by atoms with Crippen molar-refractivity contribution in [2.75, 3.05) is 0 Å². The van der Waals surface area contributed by atoms with E-state index >= 15 is 0 Å². The van der Waals surface area contributed by atoms with Gasteiger partial charge in [0, 0.05) is 0 Å². The summed E-state index contributed by atoms with van der Waals surface area (Å²) in [7, 11) is 0. The summed E-state index contributed by atoms with van der Waals surface area (Å²) < 4.78 is 11.7. The van der Waals surface area contributed by atoms with E-state index in [-0.39, 0.29) is 0 Å². The SMILES string of the molecule is CC(C)(O)c1ccc(COCc2ccc(COCc3ccc(C(C)(C)O)cc3)cc2)cc1. The highest BCUT2D eigenvalue weighted by molar-refractivity contribution is 5.27. The van der Waals surface area contributed by atoms with Gasteiger partial charge < -0.3 is 19.7 Å². The van der Waals surface area contributed by atoms with Crippen LogP contribution in [0.4, 0.5) is 0 Å². The van der Waals surface area contributed by atoms with Crippen molar-refractivity contribution in [3.8, 4) is 0 Å². The van der Waals surface area contributed by atoms with Crippen molar-refractivity contribution in [2.45, 2.75) is 65.3 Å². The molecule has 0 fully saturated rings. The molecule has 3 rings (SSSR count). The fraction of sp³-hybridized carbons (Fsp3) is 0.357. The minimum absolute atomic E-state index is 0.531. The second kappa shape index (κ2) is 10.4. The minimum atomic E-state index is -0.827. The molecule has 0 unspecified atom stereocenters. The molecular weight excluding hydrogens is 400 g/mol. The molecule has 4 nitrogen and oxygen atoms in total. The first-order valence-corrected chi connectivity index (χ1v) is 11.0. The molecule has 0 aliphatic heterocycles. The van der Waals surface area contributed by atoms with Crippen molar-refractivity contribution in [3.63, 3.8) is 0 Å². The zero-order valence-electron chi connectivity index (χ0n) is 19.5. The second-order valence-corrected chi connectivity index (χ2v) is 9.31. The first-order chi connectivity index (χ1) is 15.1. The third-order valence-electron chi connectivity index (χ3n) is 5.42. The monoisotopic (exact) mass is 434 g/mol. The molecule has 0 radical (unpaired) electrons. The van der Waals surface area contributed by atoms with E-state index < -0.39 is 11.2 Å². The Labute approximate surface area is 191 Å². The van der Waals surface area contributed by atoms with Gasteiger partial charge in [0.2, 0.25) is 0 Å². The van der Waals surface area contributed by atoms with Gasteiger partial charge in [-0.1, -0.05) is 72.8 Å². The summed E-state index contributed by atoms with van der Waals surface area (Å²) in [5.41, 5.74) is 4.53. The highest BCUT2D eigenvalue weighted by atomic mass is 16.5. The van der Waals surface area contributed by atoms with E-state index in [1.807, 2.05) is 48.5 Å². The van der Waals surface area contributed by atoms with Crippen LogP contribution in [0.25, 0.3) is 0 Å². The number of benzene rings is 3. The lowest BCUT2D eigenvalue weighted by Crippen LogP contribution is -2.15. The zero-order valence-corrected chi connectivity index (χ0v) is 19.5. The maximum absolute atomic E-state index is 10.0. The maximum atomic E-state index is 10.0. The number of hydrogen-bond acceptors (Lipinski definition) is 4. The molecular formula is C28H34O4. The van der Waals surface area contributed by atoms with Gasteiger partial charge in [-0.05, 0) is 61.1 Å². The van der Waals surface area contributed by atoms with Gasteiger partial charge in [0.25, 0.3) is 0 Å². The Morgan fingerprint density at radius 1 is 0.469 bits per heavy atom. The Morgan fingerprint density at radius 2 is 0.688 bits per heavy atom. The summed E-state index contributed by atoms with van der Waals surface area (Å²) in [4.78, 5) is 0. The van der Waals surface area contributed by atoms with E-state index in [0.717, 1.165) is 33.4 Å². The molecule has 3 aromatic carbocycles. The molecule has 32 heavy (non-hydrogen) atoms. The van der Waals surface area contributed by atoms with Gasteiger partial charge >= 0.3 is 0 Å². The third kappa shape index (κ3) is 7.28. The first-order valence-electron chi connectivity index (χ1n) is 11.0. The smallest absolute Gasteiger partial charge is 0.0840 e. The molecule has 0 saturated carbocycles. The summed E-state index contributed by atoms with van der Waals surface area (Å²) in [5, 5.41) is 20.1. The van der Waals surface area contributed by atoms with Crippen LogP contribution in [0, 0.1) is 0 Å². The van der Waals surface area contributed by atoms with Crippen molar-refractivity contribution in [1.82, 2.24) is 0 Å². The van der Waals surface area contributed by atoms with Gasteiger partial charge in [0.1, 0.15) is 0 Å². The van der Waals surface area contributed by atoms with Gasteiger partial charge in [-0.2, -0.15) is 0 Å². The number of rotatable bonds is 10. The largest absolute Gasteiger partial charge is 0.386 e. The molecule has 2 N–H and O–H groups in total. The molecule has 0 amide bonds. The van der Waals surface area contributed by atoms with E-state index in [1.54, 1.807) is 27.7 Å². The van der Waals surface area contributed by atoms with E-state index in [9.17, 15) is 10.2 Å². The van der Waals surface area contributed by atoms with Crippen LogP contribution >= 0.6 is 0 Å². The molecule has 3 aromatic rings. The summed E-state index contributed by atoms with van der Waals surface area (Å²) >= 11 is 0. The van der Waals surface area contributed by atoms with Gasteiger partial charge in [0.15, 0.2) is 0 Å². The van der Waals surface area contributed by atoms with E-state index in [2.05, 4.69) is 24.3 Å². The fourth-order valence-corrected chi connectivity index (χ4v) is 3.32. The molecule has 0 aliphatic rings. The Hall–Kier alpha value is -2.50. The van der Waals surface area contributed by atoms with Crippen LogP contribution in [0.3, 0.4) is 0 Å². The average molecular weight is 435 g/mol. The Balaban J connectivity index is 1.40. The van der Waals surface area contributed by atoms with Gasteiger partial charge in [-0.15, -0.1) is 0 Å². The lowest BCUT2D eigenvalue weighted by atomic mass is 9.97. The first kappa shape index (κ1) is 24.1. The molecule has 170 valence electrons. The standard InChI is InChI=1S/C28H34O4/c1-27(2,29)25-13-9-23(10-14-25)19-31-17-21-5-7-22(8-6-21)18-32-20-24-11-15-26(16-12-24)28(3,4)30/h5-16,29-30H,17-20H2,1-4H3. The van der Waals surface area contributed by atoms with Crippen molar-refractivity contribution in [3.05, 3.63) is 106 Å². The molecule has 4 heteroatoms. The predicted octanol–water partition coefficient (Wildman–Crippen LogP) is 5.58. The quantitative estimate of drug-likeness (QED) is 0.438. The van der Waals surface area contributed by atoms with Gasteiger partial charge in [0.05, 0.1) is 37.6 Å². The van der Waals surface area contributed by atoms with E-state index in [4.69, 9.17) is 9.47 Å². The van der Waals surface area contributed by atoms with Crippen LogP contribution in [-0.2, 0) is 47.1 Å². The number of ether oxygens (including phenoxy) is 2. The molecule has 0 bridgehead atoms. The van der Waals surface area contributed by atoms with Crippen LogP contribution in [-0.4, -0.2) is 10.2 Å². The Kier molecular flexibility index (Phi) is 7.86. The summed E-state index contributed by atoms with van der Waals surface area (Å²) in [6.45, 7) is 9.27. The third-order valence-corrected chi connectivity index (χ3v) is 5.42. The van der Waals surface area contributed by atoms with Crippen LogP contribution in [0.1, 0.15) is 61.1 Å².